The van der Waals surface area contributed by atoms with Crippen molar-refractivity contribution in [3.05, 3.63) is 88.2 Å². The summed E-state index contributed by atoms with van der Waals surface area (Å²) in [6.45, 7) is 11.3. The molecule has 4 aromatic rings. The van der Waals surface area contributed by atoms with Gasteiger partial charge in [0.1, 0.15) is 5.82 Å². The highest BCUT2D eigenvalue weighted by atomic mass is 32.2. The molecule has 1 heterocycles. The second-order valence-electron chi connectivity index (χ2n) is 9.40. The van der Waals surface area contributed by atoms with Crippen LogP contribution >= 0.6 is 11.8 Å². The Bertz CT molecular complexity index is 1200. The summed E-state index contributed by atoms with van der Waals surface area (Å²) in [6, 6.07) is 19.7. The summed E-state index contributed by atoms with van der Waals surface area (Å²) in [6.07, 6.45) is 0.781. The fraction of sp³-hybridized carbons (Fsp3) is 0.333. The van der Waals surface area contributed by atoms with E-state index in [1.165, 1.54) is 38.6 Å². The molecule has 3 aromatic carbocycles. The monoisotopic (exact) mass is 429 g/mol. The van der Waals surface area contributed by atoms with Crippen molar-refractivity contribution >= 4 is 22.5 Å². The van der Waals surface area contributed by atoms with Gasteiger partial charge in [0, 0.05) is 19.2 Å². The van der Waals surface area contributed by atoms with Crippen LogP contribution in [0.4, 0.5) is 0 Å². The van der Waals surface area contributed by atoms with Gasteiger partial charge in [-0.25, -0.2) is 0 Å². The molecular weight excluding hydrogens is 398 g/mol. The van der Waals surface area contributed by atoms with Crippen molar-refractivity contribution in [1.82, 2.24) is 14.8 Å². The highest BCUT2D eigenvalue weighted by molar-refractivity contribution is 7.98. The summed E-state index contributed by atoms with van der Waals surface area (Å²) >= 11 is 1.77. The molecule has 0 N–H and O–H groups in total. The standard InChI is InChI=1S/C27H31N3S/c1-18-14-22(27(3,4)5)15-19(2)24(18)17-31-26-29-28-25(30(26)6)16-21-12-9-11-20-10-7-8-13-23(20)21/h7-15H,16-17H2,1-6H3. The number of nitrogens with zero attached hydrogens (tertiary/aromatic N) is 3. The fourth-order valence-corrected chi connectivity index (χ4v) is 5.16. The molecule has 0 saturated carbocycles. The van der Waals surface area contributed by atoms with E-state index in [9.17, 15) is 0 Å². The molecule has 31 heavy (non-hydrogen) atoms. The molecule has 0 aliphatic carbocycles. The molecule has 4 heteroatoms. The number of rotatable bonds is 5. The average Bonchev–Trinajstić information content (AvgIpc) is 3.06. The molecule has 0 saturated heterocycles. The Morgan fingerprint density at radius 3 is 2.29 bits per heavy atom. The minimum atomic E-state index is 0.168. The summed E-state index contributed by atoms with van der Waals surface area (Å²) in [5.74, 6) is 1.90. The summed E-state index contributed by atoms with van der Waals surface area (Å²) in [7, 11) is 2.07. The van der Waals surface area contributed by atoms with Crippen LogP contribution in [0.1, 0.15) is 54.4 Å². The third kappa shape index (κ3) is 4.54. The smallest absolute Gasteiger partial charge is 0.191 e. The molecule has 0 fully saturated rings. The molecule has 0 amide bonds. The van der Waals surface area contributed by atoms with Crippen molar-refractivity contribution in [1.29, 1.82) is 0 Å². The molecule has 0 bridgehead atoms. The number of aromatic nitrogens is 3. The Balaban J connectivity index is 1.53. The van der Waals surface area contributed by atoms with Gasteiger partial charge < -0.3 is 4.57 Å². The summed E-state index contributed by atoms with van der Waals surface area (Å²) < 4.78 is 2.14. The lowest BCUT2D eigenvalue weighted by Gasteiger charge is -2.22. The molecule has 0 spiro atoms. The number of hydrogen-bond acceptors (Lipinski definition) is 3. The van der Waals surface area contributed by atoms with Crippen LogP contribution in [0, 0.1) is 13.8 Å². The highest BCUT2D eigenvalue weighted by Crippen LogP contribution is 2.31. The maximum Gasteiger partial charge on any atom is 0.191 e. The molecule has 0 aliphatic rings. The number of aryl methyl sites for hydroxylation is 2. The van der Waals surface area contributed by atoms with E-state index in [1.54, 1.807) is 11.8 Å². The van der Waals surface area contributed by atoms with E-state index in [0.717, 1.165) is 23.2 Å². The molecule has 3 nitrogen and oxygen atoms in total. The number of benzene rings is 3. The van der Waals surface area contributed by atoms with Crippen LogP contribution in [-0.4, -0.2) is 14.8 Å². The van der Waals surface area contributed by atoms with Crippen molar-refractivity contribution < 1.29 is 0 Å². The van der Waals surface area contributed by atoms with Gasteiger partial charge in [-0.05, 0) is 57.9 Å². The molecule has 0 unspecified atom stereocenters. The molecule has 160 valence electrons. The zero-order valence-corrected chi connectivity index (χ0v) is 20.2. The van der Waals surface area contributed by atoms with Crippen LogP contribution in [0.3, 0.4) is 0 Å². The second-order valence-corrected chi connectivity index (χ2v) is 10.3. The average molecular weight is 430 g/mol. The quantitative estimate of drug-likeness (QED) is 0.328. The van der Waals surface area contributed by atoms with Gasteiger partial charge >= 0.3 is 0 Å². The van der Waals surface area contributed by atoms with E-state index in [4.69, 9.17) is 0 Å². The minimum Gasteiger partial charge on any atom is -0.309 e. The van der Waals surface area contributed by atoms with Crippen LogP contribution in [0.5, 0.6) is 0 Å². The van der Waals surface area contributed by atoms with Crippen molar-refractivity contribution in [3.8, 4) is 0 Å². The van der Waals surface area contributed by atoms with E-state index in [0.29, 0.717) is 0 Å². The van der Waals surface area contributed by atoms with Crippen LogP contribution < -0.4 is 0 Å². The van der Waals surface area contributed by atoms with Gasteiger partial charge in [0.2, 0.25) is 0 Å². The largest absolute Gasteiger partial charge is 0.309 e. The predicted molar refractivity (Wildman–Crippen MR) is 132 cm³/mol. The van der Waals surface area contributed by atoms with Gasteiger partial charge in [0.15, 0.2) is 5.16 Å². The van der Waals surface area contributed by atoms with Gasteiger partial charge in [-0.3, -0.25) is 0 Å². The number of hydrogen-bond donors (Lipinski definition) is 0. The minimum absolute atomic E-state index is 0.168. The normalized spacial score (nSPS) is 11.9. The first kappa shape index (κ1) is 21.6. The maximum absolute atomic E-state index is 4.51. The summed E-state index contributed by atoms with van der Waals surface area (Å²) in [5.41, 5.74) is 6.96. The summed E-state index contributed by atoms with van der Waals surface area (Å²) in [4.78, 5) is 0. The number of thioether (sulfide) groups is 1. The first-order chi connectivity index (χ1) is 14.7. The molecule has 0 atom stereocenters. The van der Waals surface area contributed by atoms with Crippen molar-refractivity contribution in [3.63, 3.8) is 0 Å². The molecule has 0 radical (unpaired) electrons. The van der Waals surface area contributed by atoms with Crippen LogP contribution in [0.2, 0.25) is 0 Å². The zero-order valence-electron chi connectivity index (χ0n) is 19.4. The van der Waals surface area contributed by atoms with Gasteiger partial charge in [-0.1, -0.05) is 87.1 Å². The first-order valence-electron chi connectivity index (χ1n) is 10.8. The van der Waals surface area contributed by atoms with E-state index in [1.807, 2.05) is 0 Å². The molecule has 4 rings (SSSR count). The predicted octanol–water partition coefficient (Wildman–Crippen LogP) is 6.77. The SMILES string of the molecule is Cc1cc(C(C)(C)C)cc(C)c1CSc1nnc(Cc2cccc3ccccc23)n1C. The van der Waals surface area contributed by atoms with Crippen LogP contribution in [0.15, 0.2) is 59.8 Å². The zero-order chi connectivity index (χ0) is 22.2. The second kappa shape index (κ2) is 8.51. The topological polar surface area (TPSA) is 30.7 Å². The Kier molecular flexibility index (Phi) is 5.94. The summed E-state index contributed by atoms with van der Waals surface area (Å²) in [5, 5.41) is 12.5. The van der Waals surface area contributed by atoms with E-state index in [2.05, 4.69) is 111 Å². The Morgan fingerprint density at radius 1 is 0.903 bits per heavy atom. The number of fused-ring (bicyclic) bond motifs is 1. The Hall–Kier alpha value is -2.59. The third-order valence-corrected chi connectivity index (χ3v) is 7.11. The molecular formula is C27H31N3S. The lowest BCUT2D eigenvalue weighted by Crippen LogP contribution is -2.12. The van der Waals surface area contributed by atoms with Crippen molar-refractivity contribution in [2.45, 2.75) is 57.4 Å². The van der Waals surface area contributed by atoms with Crippen molar-refractivity contribution in [2.24, 2.45) is 7.05 Å². The lowest BCUT2D eigenvalue weighted by molar-refractivity contribution is 0.589. The van der Waals surface area contributed by atoms with Crippen LogP contribution in [0.25, 0.3) is 10.8 Å². The van der Waals surface area contributed by atoms with Gasteiger partial charge in [0.05, 0.1) is 0 Å². The Morgan fingerprint density at radius 2 is 1.58 bits per heavy atom. The van der Waals surface area contributed by atoms with E-state index in [-0.39, 0.29) is 5.41 Å². The molecule has 0 aliphatic heterocycles. The third-order valence-electron chi connectivity index (χ3n) is 6.06. The van der Waals surface area contributed by atoms with Crippen molar-refractivity contribution in [2.75, 3.05) is 0 Å². The van der Waals surface area contributed by atoms with Gasteiger partial charge in [-0.2, -0.15) is 0 Å². The van der Waals surface area contributed by atoms with E-state index < -0.39 is 0 Å². The van der Waals surface area contributed by atoms with Gasteiger partial charge in [-0.15, -0.1) is 10.2 Å². The first-order valence-corrected chi connectivity index (χ1v) is 11.8. The lowest BCUT2D eigenvalue weighted by atomic mass is 9.84. The highest BCUT2D eigenvalue weighted by Gasteiger charge is 2.17. The maximum atomic E-state index is 4.51. The molecule has 1 aromatic heterocycles. The van der Waals surface area contributed by atoms with Crippen LogP contribution in [-0.2, 0) is 24.6 Å². The fourth-order valence-electron chi connectivity index (χ4n) is 4.03. The van der Waals surface area contributed by atoms with Gasteiger partial charge in [0.25, 0.3) is 0 Å². The Labute approximate surface area is 189 Å². The van der Waals surface area contributed by atoms with E-state index >= 15 is 0 Å².